The van der Waals surface area contributed by atoms with Gasteiger partial charge in [0.1, 0.15) is 11.6 Å². The number of halogens is 1. The molecular weight excluding hydrogens is 293 g/mol. The molecule has 23 heavy (non-hydrogen) atoms. The van der Waals surface area contributed by atoms with E-state index in [0.717, 1.165) is 19.3 Å². The average molecular weight is 313 g/mol. The summed E-state index contributed by atoms with van der Waals surface area (Å²) in [5, 5.41) is 3.05. The number of carbonyl (C=O) groups is 1. The van der Waals surface area contributed by atoms with E-state index < -0.39 is 6.10 Å². The maximum Gasteiger partial charge on any atom is 0.261 e. The molecule has 0 fully saturated rings. The van der Waals surface area contributed by atoms with Gasteiger partial charge in [-0.15, -0.1) is 0 Å². The van der Waals surface area contributed by atoms with Crippen molar-refractivity contribution < 1.29 is 13.9 Å². The van der Waals surface area contributed by atoms with Crippen LogP contribution in [0.3, 0.4) is 0 Å². The Labute approximate surface area is 135 Å². The van der Waals surface area contributed by atoms with E-state index in [0.29, 0.717) is 5.75 Å². The van der Waals surface area contributed by atoms with Crippen LogP contribution in [0.4, 0.5) is 4.39 Å². The quantitative estimate of drug-likeness (QED) is 0.932. The second kappa shape index (κ2) is 6.82. The lowest BCUT2D eigenvalue weighted by Gasteiger charge is -2.27. The van der Waals surface area contributed by atoms with E-state index in [2.05, 4.69) is 17.4 Å². The maximum atomic E-state index is 13.2. The average Bonchev–Trinajstić information content (AvgIpc) is 2.55. The zero-order valence-corrected chi connectivity index (χ0v) is 13.1. The van der Waals surface area contributed by atoms with Crippen molar-refractivity contribution in [1.29, 1.82) is 0 Å². The molecule has 2 aromatic carbocycles. The van der Waals surface area contributed by atoms with E-state index >= 15 is 0 Å². The molecular formula is C19H20FNO2. The van der Waals surface area contributed by atoms with Crippen molar-refractivity contribution in [2.24, 2.45) is 0 Å². The van der Waals surface area contributed by atoms with Crippen molar-refractivity contribution >= 4 is 5.91 Å². The molecule has 4 heteroatoms. The Morgan fingerprint density at radius 3 is 2.91 bits per heavy atom. The summed E-state index contributed by atoms with van der Waals surface area (Å²) >= 11 is 0. The minimum absolute atomic E-state index is 0.0195. The molecule has 2 aromatic rings. The molecule has 3 rings (SSSR count). The number of fused-ring (bicyclic) bond motifs is 1. The molecule has 0 radical (unpaired) electrons. The largest absolute Gasteiger partial charge is 0.481 e. The van der Waals surface area contributed by atoms with Crippen LogP contribution in [0, 0.1) is 5.82 Å². The summed E-state index contributed by atoms with van der Waals surface area (Å²) in [4.78, 5) is 12.4. The highest BCUT2D eigenvalue weighted by Gasteiger charge is 2.24. The van der Waals surface area contributed by atoms with Gasteiger partial charge in [-0.1, -0.05) is 30.3 Å². The van der Waals surface area contributed by atoms with Crippen LogP contribution in [0.15, 0.2) is 48.5 Å². The Morgan fingerprint density at radius 2 is 2.09 bits per heavy atom. The summed E-state index contributed by atoms with van der Waals surface area (Å²) in [6.45, 7) is 1.68. The SMILES string of the molecule is CC(Oc1cccc(F)c1)C(=O)NC1CCCc2ccccc21. The molecule has 0 saturated heterocycles. The Kier molecular flexibility index (Phi) is 4.60. The van der Waals surface area contributed by atoms with Gasteiger partial charge in [0.2, 0.25) is 0 Å². The Hall–Kier alpha value is -2.36. The van der Waals surface area contributed by atoms with Gasteiger partial charge in [0.25, 0.3) is 5.91 Å². The van der Waals surface area contributed by atoms with Crippen molar-refractivity contribution in [3.05, 3.63) is 65.5 Å². The standard InChI is InChI=1S/C19H20FNO2/c1-13(23-16-9-5-8-15(20)12-16)19(22)21-18-11-4-7-14-6-2-3-10-17(14)18/h2-3,5-6,8-10,12-13,18H,4,7,11H2,1H3,(H,21,22). The number of ether oxygens (including phenoxy) is 1. The van der Waals surface area contributed by atoms with Crippen LogP contribution in [0.1, 0.15) is 36.9 Å². The minimum atomic E-state index is -0.675. The van der Waals surface area contributed by atoms with Crippen molar-refractivity contribution in [2.45, 2.75) is 38.3 Å². The highest BCUT2D eigenvalue weighted by atomic mass is 19.1. The first-order valence-electron chi connectivity index (χ1n) is 7.94. The Bertz CT molecular complexity index is 701. The van der Waals surface area contributed by atoms with Gasteiger partial charge in [0.05, 0.1) is 6.04 Å². The van der Waals surface area contributed by atoms with E-state index in [9.17, 15) is 9.18 Å². The van der Waals surface area contributed by atoms with Crippen molar-refractivity contribution in [1.82, 2.24) is 5.32 Å². The van der Waals surface area contributed by atoms with Gasteiger partial charge in [-0.05, 0) is 49.4 Å². The van der Waals surface area contributed by atoms with E-state index in [-0.39, 0.29) is 17.8 Å². The summed E-state index contributed by atoms with van der Waals surface area (Å²) < 4.78 is 18.7. The van der Waals surface area contributed by atoms with Gasteiger partial charge < -0.3 is 10.1 Å². The molecule has 2 atom stereocenters. The lowest BCUT2D eigenvalue weighted by Crippen LogP contribution is -2.39. The lowest BCUT2D eigenvalue weighted by molar-refractivity contribution is -0.128. The van der Waals surface area contributed by atoms with Crippen LogP contribution in [-0.4, -0.2) is 12.0 Å². The number of hydrogen-bond acceptors (Lipinski definition) is 2. The number of carbonyl (C=O) groups excluding carboxylic acids is 1. The van der Waals surface area contributed by atoms with Crippen LogP contribution in [0.5, 0.6) is 5.75 Å². The Balaban J connectivity index is 1.65. The molecule has 0 aliphatic heterocycles. The van der Waals surface area contributed by atoms with Gasteiger partial charge in [0.15, 0.2) is 6.10 Å². The van der Waals surface area contributed by atoms with Gasteiger partial charge >= 0.3 is 0 Å². The molecule has 0 saturated carbocycles. The summed E-state index contributed by atoms with van der Waals surface area (Å²) in [5.74, 6) is -0.205. The number of amides is 1. The maximum absolute atomic E-state index is 13.2. The summed E-state index contributed by atoms with van der Waals surface area (Å²) in [7, 11) is 0. The molecule has 0 bridgehead atoms. The zero-order valence-electron chi connectivity index (χ0n) is 13.1. The summed E-state index contributed by atoms with van der Waals surface area (Å²) in [6, 6.07) is 14.0. The summed E-state index contributed by atoms with van der Waals surface area (Å²) in [5.41, 5.74) is 2.48. The molecule has 3 nitrogen and oxygen atoms in total. The van der Waals surface area contributed by atoms with Gasteiger partial charge in [-0.3, -0.25) is 4.79 Å². The van der Waals surface area contributed by atoms with Crippen molar-refractivity contribution in [2.75, 3.05) is 0 Å². The monoisotopic (exact) mass is 313 g/mol. The highest BCUT2D eigenvalue weighted by Crippen LogP contribution is 2.29. The minimum Gasteiger partial charge on any atom is -0.481 e. The first kappa shape index (κ1) is 15.5. The summed E-state index contributed by atoms with van der Waals surface area (Å²) in [6.07, 6.45) is 2.36. The van der Waals surface area contributed by atoms with Crippen LogP contribution in [0.2, 0.25) is 0 Å². The molecule has 1 amide bonds. The number of aryl methyl sites for hydroxylation is 1. The molecule has 1 N–H and O–H groups in total. The smallest absolute Gasteiger partial charge is 0.261 e. The Morgan fingerprint density at radius 1 is 1.26 bits per heavy atom. The number of hydrogen-bond donors (Lipinski definition) is 1. The third-order valence-corrected chi connectivity index (χ3v) is 4.16. The lowest BCUT2D eigenvalue weighted by atomic mass is 9.87. The van der Waals surface area contributed by atoms with E-state index in [4.69, 9.17) is 4.74 Å². The fourth-order valence-electron chi connectivity index (χ4n) is 2.99. The van der Waals surface area contributed by atoms with Gasteiger partial charge in [-0.25, -0.2) is 4.39 Å². The van der Waals surface area contributed by atoms with Crippen molar-refractivity contribution in [3.8, 4) is 5.75 Å². The normalized spacial score (nSPS) is 17.9. The molecule has 0 aromatic heterocycles. The predicted molar refractivity (Wildman–Crippen MR) is 86.8 cm³/mol. The molecule has 0 spiro atoms. The predicted octanol–water partition coefficient (Wildman–Crippen LogP) is 3.79. The second-order valence-corrected chi connectivity index (χ2v) is 5.87. The molecule has 2 unspecified atom stereocenters. The number of nitrogens with one attached hydrogen (secondary N) is 1. The van der Waals surface area contributed by atoms with Crippen LogP contribution < -0.4 is 10.1 Å². The fourth-order valence-corrected chi connectivity index (χ4v) is 2.99. The van der Waals surface area contributed by atoms with Gasteiger partial charge in [-0.2, -0.15) is 0 Å². The molecule has 0 heterocycles. The highest BCUT2D eigenvalue weighted by molar-refractivity contribution is 5.81. The van der Waals surface area contributed by atoms with Gasteiger partial charge in [0, 0.05) is 6.07 Å². The van der Waals surface area contributed by atoms with E-state index in [1.807, 2.05) is 12.1 Å². The molecule has 120 valence electrons. The third-order valence-electron chi connectivity index (χ3n) is 4.16. The first-order chi connectivity index (χ1) is 11.1. The topological polar surface area (TPSA) is 38.3 Å². The van der Waals surface area contributed by atoms with Crippen LogP contribution in [-0.2, 0) is 11.2 Å². The molecule has 1 aliphatic rings. The molecule has 1 aliphatic carbocycles. The van der Waals surface area contributed by atoms with Crippen LogP contribution in [0.25, 0.3) is 0 Å². The first-order valence-corrected chi connectivity index (χ1v) is 7.94. The fraction of sp³-hybridized carbons (Fsp3) is 0.316. The zero-order chi connectivity index (χ0) is 16.2. The van der Waals surface area contributed by atoms with Crippen molar-refractivity contribution in [3.63, 3.8) is 0 Å². The van der Waals surface area contributed by atoms with E-state index in [1.54, 1.807) is 19.1 Å². The third kappa shape index (κ3) is 3.70. The number of benzene rings is 2. The van der Waals surface area contributed by atoms with E-state index in [1.165, 1.54) is 23.3 Å². The number of rotatable bonds is 4. The second-order valence-electron chi connectivity index (χ2n) is 5.87. The van der Waals surface area contributed by atoms with Crippen LogP contribution >= 0.6 is 0 Å².